The summed E-state index contributed by atoms with van der Waals surface area (Å²) in [5, 5.41) is 3.39. The second-order valence-electron chi connectivity index (χ2n) is 6.66. The van der Waals surface area contributed by atoms with E-state index < -0.39 is 0 Å². The summed E-state index contributed by atoms with van der Waals surface area (Å²) >= 11 is 0. The number of methoxy groups -OCH3 is 2. The van der Waals surface area contributed by atoms with E-state index in [1.807, 2.05) is 12.1 Å². The highest BCUT2D eigenvalue weighted by atomic mass is 16.5. The van der Waals surface area contributed by atoms with Gasteiger partial charge in [0.15, 0.2) is 17.5 Å². The highest BCUT2D eigenvalue weighted by Gasteiger charge is 2.13. The van der Waals surface area contributed by atoms with Gasteiger partial charge in [0, 0.05) is 26.7 Å². The van der Waals surface area contributed by atoms with Gasteiger partial charge in [-0.05, 0) is 49.9 Å². The van der Waals surface area contributed by atoms with Crippen LogP contribution in [0.4, 0.5) is 0 Å². The molecule has 0 amide bonds. The topological polar surface area (TPSA) is 55.3 Å². The predicted octanol–water partition coefficient (Wildman–Crippen LogP) is 3.15. The molecule has 0 aliphatic carbocycles. The van der Waals surface area contributed by atoms with Crippen LogP contribution in [-0.4, -0.2) is 58.4 Å². The monoisotopic (exact) mass is 375 g/mol. The molecule has 1 aromatic rings. The van der Waals surface area contributed by atoms with Gasteiger partial charge in [-0.2, -0.15) is 0 Å². The molecular formula is C21H33N3O3. The van der Waals surface area contributed by atoms with Crippen LogP contribution in [0.15, 0.2) is 28.8 Å². The maximum atomic E-state index is 5.45. The van der Waals surface area contributed by atoms with Gasteiger partial charge in [0.1, 0.15) is 0 Å². The molecule has 1 aliphatic rings. The Bertz CT molecular complexity index is 671. The molecule has 0 aromatic heterocycles. The molecule has 0 fully saturated rings. The summed E-state index contributed by atoms with van der Waals surface area (Å²) in [4.78, 5) is 6.95. The summed E-state index contributed by atoms with van der Waals surface area (Å²) in [5.74, 6) is 2.42. The summed E-state index contributed by atoms with van der Waals surface area (Å²) in [6.45, 7) is 8.10. The average molecular weight is 376 g/mol. The largest absolute Gasteiger partial charge is 0.493 e. The maximum absolute atomic E-state index is 5.45. The Kier molecular flexibility index (Phi) is 8.45. The molecule has 6 heteroatoms. The van der Waals surface area contributed by atoms with Crippen LogP contribution in [0.1, 0.15) is 30.9 Å². The number of hydrogen-bond acceptors (Lipinski definition) is 4. The molecule has 0 spiro atoms. The molecule has 150 valence electrons. The zero-order valence-corrected chi connectivity index (χ0v) is 17.3. The van der Waals surface area contributed by atoms with Crippen molar-refractivity contribution in [2.45, 2.75) is 33.2 Å². The number of ether oxygens (including phenoxy) is 3. The van der Waals surface area contributed by atoms with Crippen molar-refractivity contribution >= 4 is 5.96 Å². The van der Waals surface area contributed by atoms with Gasteiger partial charge in [0.2, 0.25) is 0 Å². The van der Waals surface area contributed by atoms with Crippen molar-refractivity contribution in [2.24, 2.45) is 4.99 Å². The number of benzene rings is 1. The lowest BCUT2D eigenvalue weighted by molar-refractivity contribution is 0.153. The minimum Gasteiger partial charge on any atom is -0.493 e. The normalized spacial score (nSPS) is 14.6. The third kappa shape index (κ3) is 6.17. The fraction of sp³-hybridized carbons (Fsp3) is 0.571. The smallest absolute Gasteiger partial charge is 0.193 e. The molecule has 1 heterocycles. The van der Waals surface area contributed by atoms with Crippen molar-refractivity contribution in [1.29, 1.82) is 0 Å². The number of aryl methyl sites for hydroxylation is 1. The highest BCUT2D eigenvalue weighted by Crippen LogP contribution is 2.30. The molecule has 1 aliphatic heterocycles. The first kappa shape index (κ1) is 21.1. The highest BCUT2D eigenvalue weighted by molar-refractivity contribution is 5.79. The van der Waals surface area contributed by atoms with Crippen molar-refractivity contribution in [2.75, 3.05) is 47.6 Å². The third-order valence-electron chi connectivity index (χ3n) is 4.70. The standard InChI is InChI=1S/C21H33N3O3/c1-6-22-21(23-10-7-17-8-11-27-12-9-17)24(3)15-18-14-20(26-5)19(25-4)13-16(18)2/h8,13-14H,6-7,9-12,15H2,1-5H3,(H,22,23). The molecule has 27 heavy (non-hydrogen) atoms. The third-order valence-corrected chi connectivity index (χ3v) is 4.70. The molecule has 0 saturated heterocycles. The Hall–Kier alpha value is -2.21. The number of hydrogen-bond donors (Lipinski definition) is 1. The van der Waals surface area contributed by atoms with Crippen LogP contribution in [0.25, 0.3) is 0 Å². The summed E-state index contributed by atoms with van der Waals surface area (Å²) in [6.07, 6.45) is 4.19. The Morgan fingerprint density at radius 1 is 1.26 bits per heavy atom. The van der Waals surface area contributed by atoms with Crippen LogP contribution >= 0.6 is 0 Å². The number of aliphatic imine (C=N–C) groups is 1. The van der Waals surface area contributed by atoms with E-state index in [0.717, 1.165) is 63.1 Å². The molecule has 6 nitrogen and oxygen atoms in total. The number of nitrogens with zero attached hydrogens (tertiary/aromatic N) is 2. The Balaban J connectivity index is 2.06. The minimum atomic E-state index is 0.734. The molecule has 0 bridgehead atoms. The molecule has 0 radical (unpaired) electrons. The molecule has 0 saturated carbocycles. The summed E-state index contributed by atoms with van der Waals surface area (Å²) in [5.41, 5.74) is 3.80. The molecule has 0 atom stereocenters. The second kappa shape index (κ2) is 10.8. The van der Waals surface area contributed by atoms with Crippen LogP contribution in [-0.2, 0) is 11.3 Å². The van der Waals surface area contributed by atoms with Gasteiger partial charge in [-0.1, -0.05) is 11.6 Å². The van der Waals surface area contributed by atoms with Crippen LogP contribution in [0.3, 0.4) is 0 Å². The zero-order chi connectivity index (χ0) is 19.6. The van der Waals surface area contributed by atoms with Crippen molar-refractivity contribution in [1.82, 2.24) is 10.2 Å². The van der Waals surface area contributed by atoms with Crippen LogP contribution in [0, 0.1) is 6.92 Å². The molecule has 1 N–H and O–H groups in total. The van der Waals surface area contributed by atoms with Crippen LogP contribution in [0.2, 0.25) is 0 Å². The van der Waals surface area contributed by atoms with E-state index in [2.05, 4.69) is 37.2 Å². The molecule has 0 unspecified atom stereocenters. The Labute approximate surface area is 163 Å². The number of rotatable bonds is 8. The minimum absolute atomic E-state index is 0.734. The number of nitrogens with one attached hydrogen (secondary N) is 1. The van der Waals surface area contributed by atoms with Crippen molar-refractivity contribution in [3.05, 3.63) is 34.9 Å². The lowest BCUT2D eigenvalue weighted by atomic mass is 10.1. The first-order valence-corrected chi connectivity index (χ1v) is 9.55. The van der Waals surface area contributed by atoms with E-state index in [9.17, 15) is 0 Å². The summed E-state index contributed by atoms with van der Waals surface area (Å²) in [6, 6.07) is 4.06. The first-order valence-electron chi connectivity index (χ1n) is 9.55. The fourth-order valence-electron chi connectivity index (χ4n) is 3.09. The van der Waals surface area contributed by atoms with Crippen LogP contribution in [0.5, 0.6) is 11.5 Å². The zero-order valence-electron chi connectivity index (χ0n) is 17.3. The van der Waals surface area contributed by atoms with Crippen LogP contribution < -0.4 is 14.8 Å². The van der Waals surface area contributed by atoms with Gasteiger partial charge in [0.05, 0.1) is 27.4 Å². The average Bonchev–Trinajstić information content (AvgIpc) is 2.69. The summed E-state index contributed by atoms with van der Waals surface area (Å²) in [7, 11) is 5.38. The van der Waals surface area contributed by atoms with Gasteiger partial charge in [-0.25, -0.2) is 0 Å². The Morgan fingerprint density at radius 2 is 2.00 bits per heavy atom. The maximum Gasteiger partial charge on any atom is 0.193 e. The van der Waals surface area contributed by atoms with Gasteiger partial charge < -0.3 is 24.4 Å². The van der Waals surface area contributed by atoms with Gasteiger partial charge in [-0.15, -0.1) is 0 Å². The molecule has 1 aromatic carbocycles. The van der Waals surface area contributed by atoms with Gasteiger partial charge >= 0.3 is 0 Å². The lowest BCUT2D eigenvalue weighted by Crippen LogP contribution is -2.38. The quantitative estimate of drug-likeness (QED) is 0.430. The lowest BCUT2D eigenvalue weighted by Gasteiger charge is -2.24. The van der Waals surface area contributed by atoms with Crippen molar-refractivity contribution < 1.29 is 14.2 Å². The van der Waals surface area contributed by atoms with Gasteiger partial charge in [-0.3, -0.25) is 4.99 Å². The van der Waals surface area contributed by atoms with E-state index in [1.165, 1.54) is 16.7 Å². The number of guanidine groups is 1. The SMILES string of the molecule is CCNC(=NCCC1=CCOCC1)N(C)Cc1cc(OC)c(OC)cc1C. The van der Waals surface area contributed by atoms with Gasteiger partial charge in [0.25, 0.3) is 0 Å². The predicted molar refractivity (Wildman–Crippen MR) is 110 cm³/mol. The first-order chi connectivity index (χ1) is 13.1. The van der Waals surface area contributed by atoms with Crippen molar-refractivity contribution in [3.8, 4) is 11.5 Å². The van der Waals surface area contributed by atoms with Crippen molar-refractivity contribution in [3.63, 3.8) is 0 Å². The fourth-order valence-corrected chi connectivity index (χ4v) is 3.09. The second-order valence-corrected chi connectivity index (χ2v) is 6.66. The summed E-state index contributed by atoms with van der Waals surface area (Å²) < 4.78 is 16.2. The van der Waals surface area contributed by atoms with E-state index in [0.29, 0.717) is 0 Å². The molecular weight excluding hydrogens is 342 g/mol. The van der Waals surface area contributed by atoms with E-state index in [1.54, 1.807) is 14.2 Å². The van der Waals surface area contributed by atoms with E-state index in [4.69, 9.17) is 19.2 Å². The Morgan fingerprint density at radius 3 is 2.63 bits per heavy atom. The van der Waals surface area contributed by atoms with E-state index in [-0.39, 0.29) is 0 Å². The molecule has 2 rings (SSSR count). The van der Waals surface area contributed by atoms with E-state index >= 15 is 0 Å².